The standard InChI is InChI=1S/C25H21F3N4O4/c1-23-11-17(31-22(35)30-14-6-4-3-5-7-14)24(2,36-23)19-18(23)20(33)32(21(19)34)15-9-8-13(12-29)16(10-15)25(26,27)28/h3-10,17,33-34H,11H2,1-2H3,(H2,30,31,35)/t17?,23-,24+/m0/s1. The highest BCUT2D eigenvalue weighted by atomic mass is 19.4. The summed E-state index contributed by atoms with van der Waals surface area (Å²) in [5.41, 5.74) is -3.36. The van der Waals surface area contributed by atoms with Gasteiger partial charge in [0.2, 0.25) is 11.8 Å². The van der Waals surface area contributed by atoms with E-state index in [4.69, 9.17) is 10.00 Å². The molecule has 0 spiro atoms. The quantitative estimate of drug-likeness (QED) is 0.412. The number of carbonyl (C=O) groups excluding carboxylic acids is 1. The molecule has 3 heterocycles. The van der Waals surface area contributed by atoms with Gasteiger partial charge in [0.15, 0.2) is 0 Å². The minimum atomic E-state index is -4.82. The fraction of sp³-hybridized carbons (Fsp3) is 0.280. The zero-order valence-electron chi connectivity index (χ0n) is 19.1. The summed E-state index contributed by atoms with van der Waals surface area (Å²) in [7, 11) is 0. The number of amides is 2. The number of nitrogens with zero attached hydrogens (tertiary/aromatic N) is 2. The Morgan fingerprint density at radius 3 is 2.44 bits per heavy atom. The van der Waals surface area contributed by atoms with Crippen LogP contribution in [-0.4, -0.2) is 26.9 Å². The molecule has 2 bridgehead atoms. The molecule has 4 N–H and O–H groups in total. The number of halogens is 3. The van der Waals surface area contributed by atoms with Gasteiger partial charge in [0.05, 0.1) is 45.7 Å². The molecule has 11 heteroatoms. The lowest BCUT2D eigenvalue weighted by atomic mass is 9.76. The Morgan fingerprint density at radius 2 is 1.81 bits per heavy atom. The van der Waals surface area contributed by atoms with Crippen molar-refractivity contribution >= 4 is 11.7 Å². The fourth-order valence-corrected chi connectivity index (χ4v) is 5.35. The van der Waals surface area contributed by atoms with Crippen LogP contribution in [0.15, 0.2) is 48.5 Å². The lowest BCUT2D eigenvalue weighted by Gasteiger charge is -2.30. The molecule has 36 heavy (non-hydrogen) atoms. The van der Waals surface area contributed by atoms with Crippen LogP contribution >= 0.6 is 0 Å². The molecule has 0 saturated carbocycles. The van der Waals surface area contributed by atoms with Crippen LogP contribution in [0.4, 0.5) is 23.7 Å². The van der Waals surface area contributed by atoms with Gasteiger partial charge < -0.3 is 25.6 Å². The molecule has 186 valence electrons. The summed E-state index contributed by atoms with van der Waals surface area (Å²) in [6.07, 6.45) is -4.57. The second kappa shape index (κ2) is 7.66. The Labute approximate surface area is 203 Å². The Balaban J connectivity index is 1.54. The summed E-state index contributed by atoms with van der Waals surface area (Å²) < 4.78 is 47.7. The molecule has 1 saturated heterocycles. The van der Waals surface area contributed by atoms with E-state index in [2.05, 4.69) is 10.6 Å². The normalized spacial score (nSPS) is 24.3. The van der Waals surface area contributed by atoms with E-state index in [1.165, 1.54) is 12.1 Å². The number of nitrogens with one attached hydrogen (secondary N) is 2. The Morgan fingerprint density at radius 1 is 1.14 bits per heavy atom. The topological polar surface area (TPSA) is 120 Å². The molecule has 1 aromatic heterocycles. The summed E-state index contributed by atoms with van der Waals surface area (Å²) in [5, 5.41) is 36.8. The van der Waals surface area contributed by atoms with Crippen molar-refractivity contribution in [2.75, 3.05) is 5.32 Å². The van der Waals surface area contributed by atoms with E-state index in [0.717, 1.165) is 10.6 Å². The van der Waals surface area contributed by atoms with Crippen molar-refractivity contribution in [2.24, 2.45) is 0 Å². The summed E-state index contributed by atoms with van der Waals surface area (Å²) in [4.78, 5) is 12.6. The van der Waals surface area contributed by atoms with Gasteiger partial charge >= 0.3 is 12.2 Å². The lowest BCUT2D eigenvalue weighted by Crippen LogP contribution is -2.48. The van der Waals surface area contributed by atoms with Gasteiger partial charge in [-0.05, 0) is 44.2 Å². The number of benzene rings is 2. The van der Waals surface area contributed by atoms with E-state index in [0.29, 0.717) is 11.8 Å². The number of hydrogen-bond donors (Lipinski definition) is 4. The van der Waals surface area contributed by atoms with Crippen molar-refractivity contribution in [3.8, 4) is 23.5 Å². The predicted octanol–water partition coefficient (Wildman–Crippen LogP) is 4.83. The van der Waals surface area contributed by atoms with Crippen molar-refractivity contribution in [3.05, 3.63) is 70.8 Å². The maximum atomic E-state index is 13.5. The third kappa shape index (κ3) is 3.37. The van der Waals surface area contributed by atoms with Crippen LogP contribution in [-0.2, 0) is 22.1 Å². The number of ether oxygens (including phenoxy) is 1. The zero-order chi connectivity index (χ0) is 26.0. The van der Waals surface area contributed by atoms with Gasteiger partial charge in [0, 0.05) is 12.1 Å². The number of aromatic hydroxyl groups is 2. The van der Waals surface area contributed by atoms with Gasteiger partial charge in [-0.15, -0.1) is 0 Å². The number of nitriles is 1. The number of hydrogen-bond acceptors (Lipinski definition) is 5. The molecule has 1 fully saturated rings. The molecule has 1 unspecified atom stereocenters. The summed E-state index contributed by atoms with van der Waals surface area (Å²) in [6, 6.07) is 12.0. The van der Waals surface area contributed by atoms with Crippen LogP contribution in [0.25, 0.3) is 5.69 Å². The highest BCUT2D eigenvalue weighted by Gasteiger charge is 2.65. The average Bonchev–Trinajstić information content (AvgIpc) is 3.33. The van der Waals surface area contributed by atoms with Crippen molar-refractivity contribution < 1.29 is 32.9 Å². The van der Waals surface area contributed by atoms with E-state index in [1.54, 1.807) is 38.1 Å². The van der Waals surface area contributed by atoms with Crippen LogP contribution in [0, 0.1) is 11.3 Å². The zero-order valence-corrected chi connectivity index (χ0v) is 19.1. The number of anilines is 1. The van der Waals surface area contributed by atoms with E-state index in [9.17, 15) is 28.2 Å². The largest absolute Gasteiger partial charge is 0.494 e. The SMILES string of the molecule is C[C@@]12O[C@@](C)(CC1NC(=O)Nc1ccccc1)c1c2c(O)n(-c2ccc(C#N)c(C(F)(F)F)c2)c1O. The highest BCUT2D eigenvalue weighted by molar-refractivity contribution is 5.89. The average molecular weight is 498 g/mol. The van der Waals surface area contributed by atoms with Gasteiger partial charge in [-0.1, -0.05) is 18.2 Å². The monoisotopic (exact) mass is 498 g/mol. The number of rotatable bonds is 3. The molecule has 8 nitrogen and oxygen atoms in total. The van der Waals surface area contributed by atoms with E-state index < -0.39 is 52.3 Å². The van der Waals surface area contributed by atoms with Crippen LogP contribution in [0.5, 0.6) is 11.8 Å². The number of urea groups is 1. The minimum absolute atomic E-state index is 0.177. The van der Waals surface area contributed by atoms with Gasteiger partial charge in [-0.3, -0.25) is 4.57 Å². The molecular weight excluding hydrogens is 477 g/mol. The minimum Gasteiger partial charge on any atom is -0.494 e. The van der Waals surface area contributed by atoms with Crippen LogP contribution in [0.3, 0.4) is 0 Å². The Bertz CT molecular complexity index is 1430. The van der Waals surface area contributed by atoms with Gasteiger partial charge in [0.25, 0.3) is 0 Å². The third-order valence-electron chi connectivity index (χ3n) is 6.87. The van der Waals surface area contributed by atoms with Crippen molar-refractivity contribution in [1.82, 2.24) is 9.88 Å². The first-order valence-corrected chi connectivity index (χ1v) is 11.0. The highest BCUT2D eigenvalue weighted by Crippen LogP contribution is 2.64. The van der Waals surface area contributed by atoms with Gasteiger partial charge in [-0.2, -0.15) is 18.4 Å². The summed E-state index contributed by atoms with van der Waals surface area (Å²) >= 11 is 0. The molecule has 2 amide bonds. The third-order valence-corrected chi connectivity index (χ3v) is 6.87. The molecular formula is C25H21F3N4O4. The van der Waals surface area contributed by atoms with Crippen molar-refractivity contribution in [2.45, 2.75) is 43.7 Å². The molecule has 2 aromatic carbocycles. The maximum absolute atomic E-state index is 13.5. The van der Waals surface area contributed by atoms with Crippen LogP contribution in [0.2, 0.25) is 0 Å². The predicted molar refractivity (Wildman–Crippen MR) is 122 cm³/mol. The first kappa shape index (κ1) is 23.6. The van der Waals surface area contributed by atoms with E-state index in [1.807, 2.05) is 6.07 Å². The molecule has 2 aliphatic rings. The summed E-state index contributed by atoms with van der Waals surface area (Å²) in [6.45, 7) is 3.32. The smallest absolute Gasteiger partial charge is 0.417 e. The van der Waals surface area contributed by atoms with Crippen molar-refractivity contribution in [3.63, 3.8) is 0 Å². The molecule has 3 aromatic rings. The number of carbonyl (C=O) groups is 1. The number of aromatic nitrogens is 1. The van der Waals surface area contributed by atoms with Gasteiger partial charge in [0.1, 0.15) is 5.60 Å². The number of fused-ring (bicyclic) bond motifs is 5. The first-order valence-electron chi connectivity index (χ1n) is 11.0. The van der Waals surface area contributed by atoms with E-state index >= 15 is 0 Å². The second-order valence-corrected chi connectivity index (χ2v) is 9.23. The van der Waals surface area contributed by atoms with Crippen LogP contribution in [0.1, 0.15) is 42.5 Å². The fourth-order valence-electron chi connectivity index (χ4n) is 5.35. The number of para-hydroxylation sites is 1. The molecule has 5 rings (SSSR count). The Hall–Kier alpha value is -4.17. The van der Waals surface area contributed by atoms with Gasteiger partial charge in [-0.25, -0.2) is 4.79 Å². The summed E-state index contributed by atoms with van der Waals surface area (Å²) in [5.74, 6) is -0.986. The molecule has 2 aliphatic heterocycles. The number of alkyl halides is 3. The Kier molecular flexibility index (Phi) is 5.02. The van der Waals surface area contributed by atoms with E-state index in [-0.39, 0.29) is 23.2 Å². The van der Waals surface area contributed by atoms with Crippen LogP contribution < -0.4 is 10.6 Å². The second-order valence-electron chi connectivity index (χ2n) is 9.23. The lowest BCUT2D eigenvalue weighted by molar-refractivity contribution is -0.137. The first-order chi connectivity index (χ1) is 16.9. The maximum Gasteiger partial charge on any atom is 0.417 e. The van der Waals surface area contributed by atoms with Crippen molar-refractivity contribution in [1.29, 1.82) is 5.26 Å². The molecule has 0 radical (unpaired) electrons. The molecule has 0 aliphatic carbocycles. The molecule has 3 atom stereocenters.